The minimum Gasteiger partial charge on any atom is -0.496 e. The number of nitrogens with zero attached hydrogens (tertiary/aromatic N) is 1. The number of anilines is 1. The van der Waals surface area contributed by atoms with Gasteiger partial charge in [-0.2, -0.15) is 0 Å². The van der Waals surface area contributed by atoms with Crippen molar-refractivity contribution in [1.29, 1.82) is 0 Å². The molecule has 0 radical (unpaired) electrons. The number of benzene rings is 1. The third kappa shape index (κ3) is 2.21. The normalized spacial score (nSPS) is 30.0. The fourth-order valence-electron chi connectivity index (χ4n) is 4.27. The molecule has 4 heteroatoms. The summed E-state index contributed by atoms with van der Waals surface area (Å²) >= 11 is 0. The molecule has 3 heterocycles. The third-order valence-corrected chi connectivity index (χ3v) is 5.37. The molecule has 0 unspecified atom stereocenters. The number of ether oxygens (including phenoxy) is 2. The van der Waals surface area contributed by atoms with Gasteiger partial charge in [0.1, 0.15) is 5.75 Å². The number of carbonyl (C=O) groups excluding carboxylic acids is 1. The highest BCUT2D eigenvalue weighted by Crippen LogP contribution is 2.41. The highest BCUT2D eigenvalue weighted by Gasteiger charge is 2.46. The Morgan fingerprint density at radius 3 is 2.95 bits per heavy atom. The standard InChI is InChI=1S/C18H23NO3/c1-21-16-7-4-6-15-13(16)5-2-3-10-19(15)18(20)14-11-12-8-9-17(14)22-12/h4,6-7,12,14,17H,2-3,5,8-11H2,1H3/t12-,14+,17+/m1/s1. The van der Waals surface area contributed by atoms with E-state index in [0.29, 0.717) is 6.10 Å². The topological polar surface area (TPSA) is 38.8 Å². The van der Waals surface area contributed by atoms with E-state index in [-0.39, 0.29) is 17.9 Å². The Hall–Kier alpha value is -1.55. The summed E-state index contributed by atoms with van der Waals surface area (Å²) in [5, 5.41) is 0. The summed E-state index contributed by atoms with van der Waals surface area (Å²) in [6, 6.07) is 6.04. The number of methoxy groups -OCH3 is 1. The van der Waals surface area contributed by atoms with Crippen LogP contribution in [-0.2, 0) is 16.0 Å². The average molecular weight is 301 g/mol. The van der Waals surface area contributed by atoms with Crippen LogP contribution in [0.15, 0.2) is 18.2 Å². The molecular formula is C18H23NO3. The first kappa shape index (κ1) is 14.1. The highest BCUT2D eigenvalue weighted by atomic mass is 16.5. The van der Waals surface area contributed by atoms with Crippen LogP contribution in [0.25, 0.3) is 0 Å². The van der Waals surface area contributed by atoms with Crippen LogP contribution in [-0.4, -0.2) is 31.8 Å². The molecular weight excluding hydrogens is 278 g/mol. The molecule has 1 aromatic carbocycles. The number of amides is 1. The predicted molar refractivity (Wildman–Crippen MR) is 84.3 cm³/mol. The van der Waals surface area contributed by atoms with Crippen LogP contribution in [0.1, 0.15) is 37.7 Å². The van der Waals surface area contributed by atoms with Crippen LogP contribution >= 0.6 is 0 Å². The Bertz CT molecular complexity index is 586. The Labute approximate surface area is 131 Å². The van der Waals surface area contributed by atoms with Gasteiger partial charge in [0.05, 0.1) is 30.9 Å². The van der Waals surface area contributed by atoms with Gasteiger partial charge in [0.2, 0.25) is 5.91 Å². The van der Waals surface area contributed by atoms with E-state index in [4.69, 9.17) is 9.47 Å². The zero-order valence-corrected chi connectivity index (χ0v) is 13.1. The van der Waals surface area contributed by atoms with Crippen molar-refractivity contribution in [1.82, 2.24) is 0 Å². The molecule has 1 aromatic rings. The van der Waals surface area contributed by atoms with Gasteiger partial charge < -0.3 is 14.4 Å². The fraction of sp³-hybridized carbons (Fsp3) is 0.611. The number of rotatable bonds is 2. The molecule has 2 saturated heterocycles. The molecule has 2 fully saturated rings. The monoisotopic (exact) mass is 301 g/mol. The number of carbonyl (C=O) groups is 1. The van der Waals surface area contributed by atoms with Crippen molar-refractivity contribution in [2.75, 3.05) is 18.6 Å². The Balaban J connectivity index is 1.66. The summed E-state index contributed by atoms with van der Waals surface area (Å²) in [6.07, 6.45) is 6.66. The van der Waals surface area contributed by atoms with E-state index in [1.807, 2.05) is 17.0 Å². The lowest BCUT2D eigenvalue weighted by atomic mass is 9.88. The summed E-state index contributed by atoms with van der Waals surface area (Å²) in [5.74, 6) is 1.21. The molecule has 1 amide bonds. The van der Waals surface area contributed by atoms with Crippen molar-refractivity contribution >= 4 is 11.6 Å². The van der Waals surface area contributed by atoms with E-state index in [2.05, 4.69) is 6.07 Å². The number of fused-ring (bicyclic) bond motifs is 3. The summed E-state index contributed by atoms with van der Waals surface area (Å²) in [5.41, 5.74) is 2.23. The molecule has 0 aliphatic carbocycles. The summed E-state index contributed by atoms with van der Waals surface area (Å²) in [6.45, 7) is 0.812. The van der Waals surface area contributed by atoms with Gasteiger partial charge >= 0.3 is 0 Å². The molecule has 4 rings (SSSR count). The molecule has 3 aliphatic rings. The van der Waals surface area contributed by atoms with E-state index < -0.39 is 0 Å². The zero-order chi connectivity index (χ0) is 15.1. The maximum atomic E-state index is 13.1. The van der Waals surface area contributed by atoms with Gasteiger partial charge in [-0.3, -0.25) is 4.79 Å². The fourth-order valence-corrected chi connectivity index (χ4v) is 4.27. The Kier molecular flexibility index (Phi) is 3.57. The minimum atomic E-state index is 0.0518. The smallest absolute Gasteiger partial charge is 0.232 e. The Morgan fingerprint density at radius 1 is 1.32 bits per heavy atom. The minimum absolute atomic E-state index is 0.0518. The van der Waals surface area contributed by atoms with Crippen LogP contribution in [0, 0.1) is 5.92 Å². The molecule has 3 aliphatic heterocycles. The molecule has 0 saturated carbocycles. The van der Waals surface area contributed by atoms with Gasteiger partial charge in [0, 0.05) is 12.1 Å². The molecule has 0 N–H and O–H groups in total. The maximum Gasteiger partial charge on any atom is 0.232 e. The summed E-state index contributed by atoms with van der Waals surface area (Å²) in [7, 11) is 1.70. The first-order valence-electron chi connectivity index (χ1n) is 8.40. The van der Waals surface area contributed by atoms with E-state index >= 15 is 0 Å². The predicted octanol–water partition coefficient (Wildman–Crippen LogP) is 2.93. The lowest BCUT2D eigenvalue weighted by Crippen LogP contribution is -2.40. The van der Waals surface area contributed by atoms with Crippen LogP contribution < -0.4 is 9.64 Å². The second-order valence-electron chi connectivity index (χ2n) is 6.62. The van der Waals surface area contributed by atoms with Gasteiger partial charge in [-0.1, -0.05) is 6.07 Å². The van der Waals surface area contributed by atoms with Gasteiger partial charge in [0.15, 0.2) is 0 Å². The van der Waals surface area contributed by atoms with Gasteiger partial charge in [-0.25, -0.2) is 0 Å². The van der Waals surface area contributed by atoms with Crippen molar-refractivity contribution in [3.8, 4) is 5.75 Å². The quantitative estimate of drug-likeness (QED) is 0.843. The number of hydrogen-bond donors (Lipinski definition) is 0. The Morgan fingerprint density at radius 2 is 2.23 bits per heavy atom. The lowest BCUT2D eigenvalue weighted by molar-refractivity contribution is -0.123. The van der Waals surface area contributed by atoms with E-state index in [1.54, 1.807) is 7.11 Å². The van der Waals surface area contributed by atoms with Crippen molar-refractivity contribution in [3.05, 3.63) is 23.8 Å². The van der Waals surface area contributed by atoms with Gasteiger partial charge in [-0.05, 0) is 50.7 Å². The van der Waals surface area contributed by atoms with Gasteiger partial charge in [0.25, 0.3) is 0 Å². The van der Waals surface area contributed by atoms with Crippen molar-refractivity contribution in [2.45, 2.75) is 50.7 Å². The van der Waals surface area contributed by atoms with Crippen molar-refractivity contribution < 1.29 is 14.3 Å². The van der Waals surface area contributed by atoms with Crippen molar-refractivity contribution in [3.63, 3.8) is 0 Å². The lowest BCUT2D eigenvalue weighted by Gasteiger charge is -2.28. The van der Waals surface area contributed by atoms with E-state index in [0.717, 1.165) is 56.5 Å². The molecule has 0 aromatic heterocycles. The first-order chi connectivity index (χ1) is 10.8. The molecule has 0 spiro atoms. The maximum absolute atomic E-state index is 13.1. The molecule has 4 nitrogen and oxygen atoms in total. The third-order valence-electron chi connectivity index (χ3n) is 5.37. The SMILES string of the molecule is COc1cccc2c1CCCCN2C(=O)[C@H]1C[C@H]2CC[C@@H]1O2. The second kappa shape index (κ2) is 5.58. The van der Waals surface area contributed by atoms with Gasteiger partial charge in [-0.15, -0.1) is 0 Å². The highest BCUT2D eigenvalue weighted by molar-refractivity contribution is 5.97. The molecule has 3 atom stereocenters. The van der Waals surface area contributed by atoms with E-state index in [1.165, 1.54) is 5.56 Å². The largest absolute Gasteiger partial charge is 0.496 e. The van der Waals surface area contributed by atoms with Crippen LogP contribution in [0.3, 0.4) is 0 Å². The first-order valence-corrected chi connectivity index (χ1v) is 8.40. The zero-order valence-electron chi connectivity index (χ0n) is 13.1. The van der Waals surface area contributed by atoms with Crippen LogP contribution in [0.5, 0.6) is 5.75 Å². The summed E-state index contributed by atoms with van der Waals surface area (Å²) < 4.78 is 11.4. The summed E-state index contributed by atoms with van der Waals surface area (Å²) in [4.78, 5) is 15.1. The van der Waals surface area contributed by atoms with E-state index in [9.17, 15) is 4.79 Å². The van der Waals surface area contributed by atoms with Crippen molar-refractivity contribution in [2.24, 2.45) is 5.92 Å². The number of hydrogen-bond acceptors (Lipinski definition) is 3. The van der Waals surface area contributed by atoms with Crippen LogP contribution in [0.4, 0.5) is 5.69 Å². The molecule has 22 heavy (non-hydrogen) atoms. The second-order valence-corrected chi connectivity index (χ2v) is 6.62. The average Bonchev–Trinajstić information content (AvgIpc) is 3.11. The molecule has 2 bridgehead atoms. The van der Waals surface area contributed by atoms with Crippen LogP contribution in [0.2, 0.25) is 0 Å². The molecule has 118 valence electrons.